The highest BCUT2D eigenvalue weighted by atomic mass is 35.5. The average Bonchev–Trinajstić information content (AvgIpc) is 2.65. The molecule has 1 rings (SSSR count). The van der Waals surface area contributed by atoms with Gasteiger partial charge >= 0.3 is 0 Å². The lowest BCUT2D eigenvalue weighted by Gasteiger charge is -2.16. The second-order valence-electron chi connectivity index (χ2n) is 5.33. The Hall–Kier alpha value is -0.413. The summed E-state index contributed by atoms with van der Waals surface area (Å²) in [5, 5.41) is 3.65. The normalized spacial score (nSPS) is 12.4. The van der Waals surface area contributed by atoms with Gasteiger partial charge in [0, 0.05) is 6.54 Å². The summed E-state index contributed by atoms with van der Waals surface area (Å²) in [5.74, 6) is -0.239. The first-order chi connectivity index (χ1) is 9.00. The van der Waals surface area contributed by atoms with Crippen molar-refractivity contribution in [2.24, 2.45) is 0 Å². The number of rotatable bonds is 6. The predicted molar refractivity (Wildman–Crippen MR) is 85.4 cm³/mol. The maximum absolute atomic E-state index is 12.1. The number of hydrogen-bond donors (Lipinski definition) is 1. The van der Waals surface area contributed by atoms with Crippen molar-refractivity contribution in [1.29, 1.82) is 0 Å². The minimum Gasteiger partial charge on any atom is -0.349 e. The van der Waals surface area contributed by atoms with Gasteiger partial charge in [0.15, 0.2) is 0 Å². The molecule has 114 valence electrons. The average molecular weight is 356 g/mol. The molecule has 1 aromatic rings. The van der Waals surface area contributed by atoms with Gasteiger partial charge in [-0.15, -0.1) is 11.3 Å². The van der Waals surface area contributed by atoms with Crippen molar-refractivity contribution in [3.8, 4) is 0 Å². The van der Waals surface area contributed by atoms with Crippen molar-refractivity contribution in [1.82, 2.24) is 5.32 Å². The Morgan fingerprint density at radius 3 is 2.55 bits per heavy atom. The van der Waals surface area contributed by atoms with Gasteiger partial charge in [0.25, 0.3) is 16.0 Å². The number of amides is 1. The first-order valence-electron chi connectivity index (χ1n) is 5.93. The molecule has 0 saturated heterocycles. The van der Waals surface area contributed by atoms with Gasteiger partial charge in [-0.05, 0) is 11.3 Å². The van der Waals surface area contributed by atoms with E-state index in [1.165, 1.54) is 11.3 Å². The quantitative estimate of drug-likeness (QED) is 0.478. The largest absolute Gasteiger partial charge is 0.349 e. The fraction of sp³-hybridized carbons (Fsp3) is 0.545. The van der Waals surface area contributed by atoms with Crippen molar-refractivity contribution >= 4 is 52.2 Å². The Morgan fingerprint density at radius 2 is 2.05 bits per heavy atom. The summed E-state index contributed by atoms with van der Waals surface area (Å²) in [7, 11) is -5.14. The van der Waals surface area contributed by atoms with E-state index in [9.17, 15) is 13.2 Å². The predicted octanol–water partition coefficient (Wildman–Crippen LogP) is 1.65. The lowest BCUT2D eigenvalue weighted by Crippen LogP contribution is -2.42. The zero-order valence-corrected chi connectivity index (χ0v) is 15.2. The lowest BCUT2D eigenvalue weighted by atomic mass is 10.4. The van der Waals surface area contributed by atoms with E-state index < -0.39 is 18.2 Å². The van der Waals surface area contributed by atoms with Crippen molar-refractivity contribution in [2.75, 3.05) is 19.4 Å². The molecule has 1 N–H and O–H groups in total. The first-order valence-corrected chi connectivity index (χ1v) is 12.4. The van der Waals surface area contributed by atoms with E-state index in [1.807, 2.05) is 6.07 Å². The topological polar surface area (TPSA) is 72.5 Å². The van der Waals surface area contributed by atoms with Crippen LogP contribution in [0.2, 0.25) is 24.0 Å². The monoisotopic (exact) mass is 355 g/mol. The molecule has 5 nitrogen and oxygen atoms in total. The minimum absolute atomic E-state index is 0.0774. The van der Waals surface area contributed by atoms with Crippen molar-refractivity contribution < 1.29 is 17.4 Å². The molecule has 0 aliphatic rings. The van der Waals surface area contributed by atoms with Gasteiger partial charge in [0.2, 0.25) is 0 Å². The third-order valence-corrected chi connectivity index (χ3v) is 6.45. The smallest absolute Gasteiger partial charge is 0.264 e. The number of halogens is 1. The van der Waals surface area contributed by atoms with Crippen LogP contribution in [-0.4, -0.2) is 41.8 Å². The molecule has 0 aliphatic carbocycles. The van der Waals surface area contributed by atoms with Crippen LogP contribution in [0.25, 0.3) is 0 Å². The van der Waals surface area contributed by atoms with Gasteiger partial charge in [-0.1, -0.05) is 31.2 Å². The number of carbonyl (C=O) groups excluding carboxylic acids is 1. The van der Waals surface area contributed by atoms with Gasteiger partial charge in [-0.2, -0.15) is 8.42 Å². The third-order valence-electron chi connectivity index (χ3n) is 2.40. The van der Waals surface area contributed by atoms with Gasteiger partial charge < -0.3 is 5.32 Å². The molecule has 0 saturated carbocycles. The standard InChI is InChI=1S/C11H18ClNO4S2Si/c1-19(15,16)17-6-5-13-11(14)10-8(20(2,3)4)7-9(12)18-10/h7H,5-6H2,1-4H3,(H,13,14). The highest BCUT2D eigenvalue weighted by Crippen LogP contribution is 2.23. The summed E-state index contributed by atoms with van der Waals surface area (Å²) >= 11 is 7.24. The fourth-order valence-corrected chi connectivity index (χ4v) is 5.60. The summed E-state index contributed by atoms with van der Waals surface area (Å²) in [5.41, 5.74) is 0. The van der Waals surface area contributed by atoms with Gasteiger partial charge in [-0.3, -0.25) is 8.98 Å². The summed E-state index contributed by atoms with van der Waals surface area (Å²) < 4.78 is 26.7. The number of nitrogens with one attached hydrogen (secondary N) is 1. The van der Waals surface area contributed by atoms with Crippen LogP contribution in [0.5, 0.6) is 0 Å². The summed E-state index contributed by atoms with van der Waals surface area (Å²) in [4.78, 5) is 12.7. The molecule has 20 heavy (non-hydrogen) atoms. The van der Waals surface area contributed by atoms with Gasteiger partial charge in [0.1, 0.15) is 0 Å². The van der Waals surface area contributed by atoms with E-state index in [4.69, 9.17) is 11.6 Å². The van der Waals surface area contributed by atoms with E-state index in [-0.39, 0.29) is 19.1 Å². The van der Waals surface area contributed by atoms with Crippen LogP contribution >= 0.6 is 22.9 Å². The zero-order chi connectivity index (χ0) is 15.6. The second kappa shape index (κ2) is 6.57. The molecule has 0 spiro atoms. The molecule has 1 aromatic heterocycles. The third kappa shape index (κ3) is 5.53. The van der Waals surface area contributed by atoms with Crippen LogP contribution in [0.1, 0.15) is 9.67 Å². The highest BCUT2D eigenvalue weighted by Gasteiger charge is 2.26. The maximum atomic E-state index is 12.1. The Bertz CT molecular complexity index is 592. The first kappa shape index (κ1) is 17.6. The van der Waals surface area contributed by atoms with Crippen LogP contribution in [0.4, 0.5) is 0 Å². The molecule has 0 atom stereocenters. The van der Waals surface area contributed by atoms with Crippen LogP contribution in [0.3, 0.4) is 0 Å². The SMILES string of the molecule is C[Si](C)(C)c1cc(Cl)sc1C(=O)NCCOS(C)(=O)=O. The van der Waals surface area contributed by atoms with Crippen LogP contribution < -0.4 is 10.5 Å². The Labute approximate surface area is 129 Å². The van der Waals surface area contributed by atoms with Gasteiger partial charge in [0.05, 0.1) is 30.1 Å². The molecular weight excluding hydrogens is 338 g/mol. The molecule has 1 heterocycles. The lowest BCUT2D eigenvalue weighted by molar-refractivity contribution is 0.0952. The number of thiophene rings is 1. The summed E-state index contributed by atoms with van der Waals surface area (Å²) in [6.07, 6.45) is 0.969. The van der Waals surface area contributed by atoms with E-state index in [1.54, 1.807) is 0 Å². The van der Waals surface area contributed by atoms with Crippen molar-refractivity contribution in [3.63, 3.8) is 0 Å². The molecule has 0 aromatic carbocycles. The molecule has 0 bridgehead atoms. The van der Waals surface area contributed by atoms with Crippen LogP contribution in [0, 0.1) is 0 Å². The Kier molecular flexibility index (Phi) is 5.79. The number of carbonyl (C=O) groups is 1. The van der Waals surface area contributed by atoms with E-state index in [0.29, 0.717) is 9.21 Å². The second-order valence-corrected chi connectivity index (χ2v) is 13.7. The Balaban J connectivity index is 2.69. The van der Waals surface area contributed by atoms with Crippen LogP contribution in [-0.2, 0) is 14.3 Å². The molecule has 0 unspecified atom stereocenters. The van der Waals surface area contributed by atoms with Crippen molar-refractivity contribution in [2.45, 2.75) is 19.6 Å². The van der Waals surface area contributed by atoms with E-state index in [0.717, 1.165) is 11.4 Å². The zero-order valence-electron chi connectivity index (χ0n) is 11.8. The Morgan fingerprint density at radius 1 is 1.45 bits per heavy atom. The molecule has 0 fully saturated rings. The van der Waals surface area contributed by atoms with Crippen molar-refractivity contribution in [3.05, 3.63) is 15.3 Å². The highest BCUT2D eigenvalue weighted by molar-refractivity contribution is 7.85. The van der Waals surface area contributed by atoms with E-state index in [2.05, 4.69) is 29.1 Å². The van der Waals surface area contributed by atoms with E-state index >= 15 is 0 Å². The molecule has 0 aliphatic heterocycles. The molecule has 0 radical (unpaired) electrons. The summed E-state index contributed by atoms with van der Waals surface area (Å²) in [6.45, 7) is 6.46. The number of hydrogen-bond acceptors (Lipinski definition) is 5. The van der Waals surface area contributed by atoms with Gasteiger partial charge in [-0.25, -0.2) is 0 Å². The minimum atomic E-state index is -3.48. The van der Waals surface area contributed by atoms with Crippen LogP contribution in [0.15, 0.2) is 6.07 Å². The fourth-order valence-electron chi connectivity index (χ4n) is 1.52. The molecule has 1 amide bonds. The molecular formula is C11H18ClNO4S2Si. The maximum Gasteiger partial charge on any atom is 0.264 e. The molecule has 9 heteroatoms. The summed E-state index contributed by atoms with van der Waals surface area (Å²) in [6, 6.07) is 1.85.